The summed E-state index contributed by atoms with van der Waals surface area (Å²) in [5.41, 5.74) is 0.797. The first-order valence-corrected chi connectivity index (χ1v) is 9.97. The minimum atomic E-state index is 0.0864. The van der Waals surface area contributed by atoms with Crippen LogP contribution in [-0.2, 0) is 4.79 Å². The summed E-state index contributed by atoms with van der Waals surface area (Å²) in [4.78, 5) is 21.8. The molecule has 2 heterocycles. The van der Waals surface area contributed by atoms with Gasteiger partial charge in [-0.15, -0.1) is 0 Å². The molecule has 1 amide bonds. The van der Waals surface area contributed by atoms with Crippen molar-refractivity contribution in [1.29, 1.82) is 0 Å². The molecule has 138 valence electrons. The zero-order chi connectivity index (χ0) is 17.6. The molecule has 2 aliphatic rings. The molecular weight excluding hydrogens is 312 g/mol. The monoisotopic (exact) mass is 344 g/mol. The van der Waals surface area contributed by atoms with Crippen LogP contribution in [0.15, 0.2) is 18.3 Å². The van der Waals surface area contributed by atoms with Gasteiger partial charge in [0, 0.05) is 38.1 Å². The number of aromatic nitrogens is 1. The Labute approximate surface area is 151 Å². The largest absolute Gasteiger partial charge is 0.354 e. The molecule has 1 saturated heterocycles. The average molecular weight is 345 g/mol. The number of nitrogens with one attached hydrogen (secondary N) is 1. The van der Waals surface area contributed by atoms with Gasteiger partial charge in [0.2, 0.25) is 5.91 Å². The summed E-state index contributed by atoms with van der Waals surface area (Å²) in [6, 6.07) is 4.83. The topological polar surface area (TPSA) is 48.5 Å². The first-order chi connectivity index (χ1) is 12.2. The van der Waals surface area contributed by atoms with E-state index < -0.39 is 0 Å². The van der Waals surface area contributed by atoms with Gasteiger partial charge < -0.3 is 10.2 Å². The highest BCUT2D eigenvalue weighted by molar-refractivity contribution is 5.92. The number of hydrogen-bond donors (Lipinski definition) is 1. The molecule has 0 bridgehead atoms. The zero-order valence-corrected chi connectivity index (χ0v) is 15.7. The predicted molar refractivity (Wildman–Crippen MR) is 103 cm³/mol. The van der Waals surface area contributed by atoms with Crippen molar-refractivity contribution < 1.29 is 4.79 Å². The highest BCUT2D eigenvalue weighted by Gasteiger charge is 2.26. The minimum absolute atomic E-state index is 0.0864. The van der Waals surface area contributed by atoms with Crippen LogP contribution in [0, 0.1) is 5.92 Å². The zero-order valence-electron chi connectivity index (χ0n) is 15.7. The third-order valence-corrected chi connectivity index (χ3v) is 5.85. The summed E-state index contributed by atoms with van der Waals surface area (Å²) in [7, 11) is 0. The molecule has 1 aromatic heterocycles. The average Bonchev–Trinajstić information content (AvgIpc) is 3.18. The van der Waals surface area contributed by atoms with Crippen LogP contribution in [0.3, 0.4) is 0 Å². The quantitative estimate of drug-likeness (QED) is 0.858. The van der Waals surface area contributed by atoms with Gasteiger partial charge in [-0.25, -0.2) is 4.98 Å². The van der Waals surface area contributed by atoms with Crippen LogP contribution < -0.4 is 10.2 Å². The van der Waals surface area contributed by atoms with Crippen molar-refractivity contribution in [1.82, 2.24) is 9.88 Å². The number of hydrogen-bond acceptors (Lipinski definition) is 4. The number of carbonyl (C=O) groups excluding carboxylic acids is 1. The minimum Gasteiger partial charge on any atom is -0.354 e. The van der Waals surface area contributed by atoms with Crippen molar-refractivity contribution >= 4 is 17.4 Å². The Hall–Kier alpha value is -1.62. The number of nitrogens with zero attached hydrogens (tertiary/aromatic N) is 3. The Balaban J connectivity index is 1.51. The fraction of sp³-hybridized carbons (Fsp3) is 0.700. The van der Waals surface area contributed by atoms with E-state index in [1.807, 2.05) is 12.1 Å². The van der Waals surface area contributed by atoms with Crippen molar-refractivity contribution in [2.24, 2.45) is 5.92 Å². The second-order valence-corrected chi connectivity index (χ2v) is 7.37. The van der Waals surface area contributed by atoms with Crippen molar-refractivity contribution in [2.45, 2.75) is 58.4 Å². The summed E-state index contributed by atoms with van der Waals surface area (Å²) in [5.74, 6) is 1.21. The van der Waals surface area contributed by atoms with Crippen LogP contribution in [0.2, 0.25) is 0 Å². The summed E-state index contributed by atoms with van der Waals surface area (Å²) in [5, 5.41) is 2.99. The Morgan fingerprint density at radius 2 is 1.84 bits per heavy atom. The first kappa shape index (κ1) is 18.2. The molecule has 0 aromatic carbocycles. The maximum Gasteiger partial charge on any atom is 0.227 e. The first-order valence-electron chi connectivity index (χ1n) is 9.97. The number of rotatable bonds is 6. The molecule has 1 aliphatic heterocycles. The molecule has 25 heavy (non-hydrogen) atoms. The highest BCUT2D eigenvalue weighted by Crippen LogP contribution is 2.25. The third-order valence-electron chi connectivity index (χ3n) is 5.85. The molecule has 2 fully saturated rings. The molecule has 1 aromatic rings. The Morgan fingerprint density at radius 3 is 2.40 bits per heavy atom. The van der Waals surface area contributed by atoms with E-state index in [0.29, 0.717) is 0 Å². The van der Waals surface area contributed by atoms with Gasteiger partial charge >= 0.3 is 0 Å². The lowest BCUT2D eigenvalue weighted by Gasteiger charge is -2.38. The summed E-state index contributed by atoms with van der Waals surface area (Å²) in [6.45, 7) is 8.48. The second-order valence-electron chi connectivity index (χ2n) is 7.37. The van der Waals surface area contributed by atoms with E-state index in [1.165, 1.54) is 25.7 Å². The predicted octanol–water partition coefficient (Wildman–Crippen LogP) is 3.52. The number of carbonyl (C=O) groups is 1. The van der Waals surface area contributed by atoms with Gasteiger partial charge in [0.05, 0.1) is 11.9 Å². The van der Waals surface area contributed by atoms with Crippen molar-refractivity contribution in [2.75, 3.05) is 36.4 Å². The van der Waals surface area contributed by atoms with Crippen LogP contribution >= 0.6 is 0 Å². The SMILES string of the molecule is CCC(CC)C(=O)Nc1ccc(N2CCN(C3CCCC3)CC2)nc1. The fourth-order valence-electron chi connectivity index (χ4n) is 4.14. The van der Waals surface area contributed by atoms with E-state index in [9.17, 15) is 4.79 Å². The van der Waals surface area contributed by atoms with E-state index >= 15 is 0 Å². The Kier molecular flexibility index (Phi) is 6.29. The van der Waals surface area contributed by atoms with E-state index in [4.69, 9.17) is 0 Å². The molecule has 1 aliphatic carbocycles. The Morgan fingerprint density at radius 1 is 1.16 bits per heavy atom. The standard InChI is InChI=1S/C20H32N4O/c1-3-16(4-2)20(25)22-17-9-10-19(21-15-17)24-13-11-23(12-14-24)18-7-5-6-8-18/h9-10,15-16,18H,3-8,11-14H2,1-2H3,(H,22,25). The normalized spacial score (nSPS) is 19.6. The molecule has 3 rings (SSSR count). The lowest BCUT2D eigenvalue weighted by Crippen LogP contribution is -2.49. The molecule has 0 unspecified atom stereocenters. The Bertz CT molecular complexity index is 541. The third kappa shape index (κ3) is 4.51. The van der Waals surface area contributed by atoms with Gasteiger partial charge in [-0.2, -0.15) is 0 Å². The molecule has 0 atom stereocenters. The van der Waals surface area contributed by atoms with Crippen molar-refractivity contribution in [3.63, 3.8) is 0 Å². The molecule has 0 radical (unpaired) electrons. The van der Waals surface area contributed by atoms with E-state index in [2.05, 4.69) is 33.9 Å². The van der Waals surface area contributed by atoms with Crippen molar-refractivity contribution in [3.8, 4) is 0 Å². The second kappa shape index (κ2) is 8.65. The van der Waals surface area contributed by atoms with E-state index in [1.54, 1.807) is 6.20 Å². The molecule has 1 N–H and O–H groups in total. The molecule has 1 saturated carbocycles. The van der Waals surface area contributed by atoms with Gasteiger partial charge in [-0.3, -0.25) is 9.69 Å². The smallest absolute Gasteiger partial charge is 0.227 e. The maximum atomic E-state index is 12.2. The lowest BCUT2D eigenvalue weighted by molar-refractivity contribution is -0.120. The number of amides is 1. The van der Waals surface area contributed by atoms with E-state index in [-0.39, 0.29) is 11.8 Å². The molecule has 5 nitrogen and oxygen atoms in total. The number of anilines is 2. The molecular formula is C20H32N4O. The van der Waals surface area contributed by atoms with E-state index in [0.717, 1.165) is 56.6 Å². The van der Waals surface area contributed by atoms with Crippen LogP contribution in [0.1, 0.15) is 52.4 Å². The van der Waals surface area contributed by atoms with Gasteiger partial charge in [0.15, 0.2) is 0 Å². The van der Waals surface area contributed by atoms with Gasteiger partial charge in [-0.1, -0.05) is 26.7 Å². The number of pyridine rings is 1. The van der Waals surface area contributed by atoms with Gasteiger partial charge in [-0.05, 0) is 37.8 Å². The fourth-order valence-corrected chi connectivity index (χ4v) is 4.14. The lowest BCUT2D eigenvalue weighted by atomic mass is 10.0. The molecule has 5 heteroatoms. The summed E-state index contributed by atoms with van der Waals surface area (Å²) < 4.78 is 0. The van der Waals surface area contributed by atoms with Gasteiger partial charge in [0.1, 0.15) is 5.82 Å². The van der Waals surface area contributed by atoms with Gasteiger partial charge in [0.25, 0.3) is 0 Å². The number of piperazine rings is 1. The maximum absolute atomic E-state index is 12.2. The highest BCUT2D eigenvalue weighted by atomic mass is 16.1. The summed E-state index contributed by atoms with van der Waals surface area (Å²) in [6.07, 6.45) is 9.09. The van der Waals surface area contributed by atoms with Crippen LogP contribution in [0.5, 0.6) is 0 Å². The summed E-state index contributed by atoms with van der Waals surface area (Å²) >= 11 is 0. The molecule has 0 spiro atoms. The van der Waals surface area contributed by atoms with Crippen molar-refractivity contribution in [3.05, 3.63) is 18.3 Å². The van der Waals surface area contributed by atoms with Crippen LogP contribution in [0.4, 0.5) is 11.5 Å². The van der Waals surface area contributed by atoms with Crippen LogP contribution in [-0.4, -0.2) is 48.0 Å². The van der Waals surface area contributed by atoms with Crippen LogP contribution in [0.25, 0.3) is 0 Å².